The number of hydrogen-bond donors (Lipinski definition) is 2. The molecule has 0 atom stereocenters. The number of carbonyl (C=O) groups is 1. The lowest BCUT2D eigenvalue weighted by molar-refractivity contribution is 0.100. The van der Waals surface area contributed by atoms with Gasteiger partial charge in [0, 0.05) is 24.3 Å². The molecule has 0 aliphatic rings. The molecule has 0 unspecified atom stereocenters. The smallest absolute Gasteiger partial charge is 0.248 e. The van der Waals surface area contributed by atoms with Crippen LogP contribution in [0.3, 0.4) is 0 Å². The van der Waals surface area contributed by atoms with E-state index in [1.54, 1.807) is 12.1 Å². The fourth-order valence-electron chi connectivity index (χ4n) is 2.23. The van der Waals surface area contributed by atoms with Gasteiger partial charge in [-0.25, -0.2) is 0 Å². The topological polar surface area (TPSA) is 72.3 Å². The monoisotopic (exact) mass is 283 g/mol. The van der Waals surface area contributed by atoms with Gasteiger partial charge < -0.3 is 11.5 Å². The molecule has 0 spiro atoms. The molecule has 2 rings (SSSR count). The van der Waals surface area contributed by atoms with Crippen molar-refractivity contribution in [2.45, 2.75) is 20.0 Å². The van der Waals surface area contributed by atoms with E-state index in [-0.39, 0.29) is 0 Å². The zero-order chi connectivity index (χ0) is 15.2. The number of nitrogen functional groups attached to an aromatic ring is 1. The maximum atomic E-state index is 11.1. The van der Waals surface area contributed by atoms with Gasteiger partial charge in [-0.05, 0) is 35.9 Å². The third-order valence-electron chi connectivity index (χ3n) is 3.54. The SMILES string of the molecule is CCN(Cc1ccc(C(N)=O)cc1)Cc1ccccc1N. The minimum absolute atomic E-state index is 0.397. The van der Waals surface area contributed by atoms with Gasteiger partial charge in [0.1, 0.15) is 0 Å². The van der Waals surface area contributed by atoms with Gasteiger partial charge in [-0.2, -0.15) is 0 Å². The number of benzene rings is 2. The Kier molecular flexibility index (Phi) is 4.95. The van der Waals surface area contributed by atoms with Gasteiger partial charge in [0.05, 0.1) is 0 Å². The molecule has 2 aromatic rings. The van der Waals surface area contributed by atoms with Crippen LogP contribution in [0.1, 0.15) is 28.4 Å². The molecule has 1 amide bonds. The molecule has 0 bridgehead atoms. The van der Waals surface area contributed by atoms with E-state index >= 15 is 0 Å². The number of carbonyl (C=O) groups excluding carboxylic acids is 1. The number of amides is 1. The van der Waals surface area contributed by atoms with Crippen molar-refractivity contribution < 1.29 is 4.79 Å². The molecule has 4 nitrogen and oxygen atoms in total. The number of hydrogen-bond acceptors (Lipinski definition) is 3. The number of nitrogens with two attached hydrogens (primary N) is 2. The van der Waals surface area contributed by atoms with Crippen LogP contribution in [-0.2, 0) is 13.1 Å². The maximum Gasteiger partial charge on any atom is 0.248 e. The largest absolute Gasteiger partial charge is 0.398 e. The Morgan fingerprint density at radius 1 is 1.05 bits per heavy atom. The molecule has 0 aliphatic heterocycles. The molecule has 0 fully saturated rings. The summed E-state index contributed by atoms with van der Waals surface area (Å²) in [5.74, 6) is -0.397. The number of para-hydroxylation sites is 1. The average Bonchev–Trinajstić information content (AvgIpc) is 2.49. The lowest BCUT2D eigenvalue weighted by Crippen LogP contribution is -2.23. The summed E-state index contributed by atoms with van der Waals surface area (Å²) in [5.41, 5.74) is 14.9. The second kappa shape index (κ2) is 6.90. The summed E-state index contributed by atoms with van der Waals surface area (Å²) in [5, 5.41) is 0. The van der Waals surface area contributed by atoms with E-state index in [1.807, 2.05) is 36.4 Å². The highest BCUT2D eigenvalue weighted by atomic mass is 16.1. The van der Waals surface area contributed by atoms with E-state index in [2.05, 4.69) is 11.8 Å². The third-order valence-corrected chi connectivity index (χ3v) is 3.54. The molecule has 0 heterocycles. The van der Waals surface area contributed by atoms with Crippen molar-refractivity contribution in [2.75, 3.05) is 12.3 Å². The molecule has 4 N–H and O–H groups in total. The van der Waals surface area contributed by atoms with E-state index in [4.69, 9.17) is 11.5 Å². The van der Waals surface area contributed by atoms with Gasteiger partial charge in [0.15, 0.2) is 0 Å². The van der Waals surface area contributed by atoms with Crippen molar-refractivity contribution in [3.8, 4) is 0 Å². The van der Waals surface area contributed by atoms with Crippen LogP contribution in [0.25, 0.3) is 0 Å². The fraction of sp³-hybridized carbons (Fsp3) is 0.235. The maximum absolute atomic E-state index is 11.1. The van der Waals surface area contributed by atoms with Crippen molar-refractivity contribution in [3.05, 3.63) is 65.2 Å². The molecule has 110 valence electrons. The second-order valence-electron chi connectivity index (χ2n) is 5.06. The summed E-state index contributed by atoms with van der Waals surface area (Å²) in [7, 11) is 0. The highest BCUT2D eigenvalue weighted by Gasteiger charge is 2.07. The van der Waals surface area contributed by atoms with Crippen LogP contribution in [0.15, 0.2) is 48.5 Å². The number of primary amides is 1. The van der Waals surface area contributed by atoms with Gasteiger partial charge in [0.2, 0.25) is 5.91 Å². The lowest BCUT2D eigenvalue weighted by Gasteiger charge is -2.21. The first-order valence-corrected chi connectivity index (χ1v) is 7.04. The van der Waals surface area contributed by atoms with Crippen molar-refractivity contribution >= 4 is 11.6 Å². The van der Waals surface area contributed by atoms with E-state index in [9.17, 15) is 4.79 Å². The Morgan fingerprint density at radius 3 is 2.29 bits per heavy atom. The van der Waals surface area contributed by atoms with Crippen molar-refractivity contribution in [2.24, 2.45) is 5.73 Å². The van der Waals surface area contributed by atoms with E-state index < -0.39 is 5.91 Å². The number of rotatable bonds is 6. The molecule has 4 heteroatoms. The van der Waals surface area contributed by atoms with Gasteiger partial charge in [-0.1, -0.05) is 37.3 Å². The molecule has 0 saturated heterocycles. The van der Waals surface area contributed by atoms with Crippen LogP contribution < -0.4 is 11.5 Å². The van der Waals surface area contributed by atoms with Crippen LogP contribution in [0, 0.1) is 0 Å². The molecule has 0 radical (unpaired) electrons. The molecule has 21 heavy (non-hydrogen) atoms. The van der Waals surface area contributed by atoms with Gasteiger partial charge >= 0.3 is 0 Å². The zero-order valence-corrected chi connectivity index (χ0v) is 12.3. The number of nitrogens with zero attached hydrogens (tertiary/aromatic N) is 1. The molecular weight excluding hydrogens is 262 g/mol. The predicted molar refractivity (Wildman–Crippen MR) is 85.6 cm³/mol. The highest BCUT2D eigenvalue weighted by molar-refractivity contribution is 5.92. The minimum atomic E-state index is -0.397. The highest BCUT2D eigenvalue weighted by Crippen LogP contribution is 2.15. The average molecular weight is 283 g/mol. The van der Waals surface area contributed by atoms with Crippen molar-refractivity contribution in [3.63, 3.8) is 0 Å². The zero-order valence-electron chi connectivity index (χ0n) is 12.3. The minimum Gasteiger partial charge on any atom is -0.398 e. The van der Waals surface area contributed by atoms with E-state index in [0.29, 0.717) is 5.56 Å². The van der Waals surface area contributed by atoms with E-state index in [0.717, 1.165) is 36.4 Å². The summed E-state index contributed by atoms with van der Waals surface area (Å²) < 4.78 is 0. The van der Waals surface area contributed by atoms with Crippen molar-refractivity contribution in [1.29, 1.82) is 0 Å². The van der Waals surface area contributed by atoms with Crippen LogP contribution >= 0.6 is 0 Å². The first-order valence-electron chi connectivity index (χ1n) is 7.04. The van der Waals surface area contributed by atoms with Gasteiger partial charge in [-0.3, -0.25) is 9.69 Å². The molecule has 2 aromatic carbocycles. The second-order valence-corrected chi connectivity index (χ2v) is 5.06. The Balaban J connectivity index is 2.05. The quantitative estimate of drug-likeness (QED) is 0.800. The molecule has 0 aliphatic carbocycles. The van der Waals surface area contributed by atoms with Crippen LogP contribution in [0.2, 0.25) is 0 Å². The molecular formula is C17H21N3O. The Morgan fingerprint density at radius 2 is 1.71 bits per heavy atom. The summed E-state index contributed by atoms with van der Waals surface area (Å²) in [4.78, 5) is 13.4. The van der Waals surface area contributed by atoms with Gasteiger partial charge in [-0.15, -0.1) is 0 Å². The van der Waals surface area contributed by atoms with Crippen molar-refractivity contribution in [1.82, 2.24) is 4.90 Å². The van der Waals surface area contributed by atoms with Crippen LogP contribution in [0.4, 0.5) is 5.69 Å². The molecule has 0 saturated carbocycles. The van der Waals surface area contributed by atoms with Gasteiger partial charge in [0.25, 0.3) is 0 Å². The standard InChI is InChI=1S/C17H21N3O/c1-2-20(12-15-5-3-4-6-16(15)18)11-13-7-9-14(10-8-13)17(19)21/h3-10H,2,11-12,18H2,1H3,(H2,19,21). The summed E-state index contributed by atoms with van der Waals surface area (Å²) in [6.45, 7) is 4.66. The Hall–Kier alpha value is -2.33. The first-order chi connectivity index (χ1) is 10.1. The summed E-state index contributed by atoms with van der Waals surface area (Å²) in [6.07, 6.45) is 0. The normalized spacial score (nSPS) is 10.8. The summed E-state index contributed by atoms with van der Waals surface area (Å²) >= 11 is 0. The summed E-state index contributed by atoms with van der Waals surface area (Å²) in [6, 6.07) is 15.3. The van der Waals surface area contributed by atoms with Crippen LogP contribution in [-0.4, -0.2) is 17.4 Å². The fourth-order valence-corrected chi connectivity index (χ4v) is 2.23. The van der Waals surface area contributed by atoms with Crippen LogP contribution in [0.5, 0.6) is 0 Å². The third kappa shape index (κ3) is 4.07. The predicted octanol–water partition coefficient (Wildman–Crippen LogP) is 2.39. The Labute approximate surface area is 125 Å². The first kappa shape index (κ1) is 15.1. The Bertz CT molecular complexity index is 608. The lowest BCUT2D eigenvalue weighted by atomic mass is 10.1. The molecule has 0 aromatic heterocycles. The number of anilines is 1. The van der Waals surface area contributed by atoms with E-state index in [1.165, 1.54) is 0 Å².